The van der Waals surface area contributed by atoms with Crippen molar-refractivity contribution in [2.75, 3.05) is 0 Å². The summed E-state index contributed by atoms with van der Waals surface area (Å²) in [5.74, 6) is 1.09. The Morgan fingerprint density at radius 1 is 1.16 bits per heavy atom. The Labute approximate surface area is 146 Å². The maximum atomic E-state index is 12.0. The van der Waals surface area contributed by atoms with Gasteiger partial charge in [0.05, 0.1) is 5.69 Å². The smallest absolute Gasteiger partial charge is 0.311 e. The quantitative estimate of drug-likeness (QED) is 0.496. The third-order valence-electron chi connectivity index (χ3n) is 3.98. The average Bonchev–Trinajstić information content (AvgIpc) is 2.95. The lowest BCUT2D eigenvalue weighted by Crippen LogP contribution is -2.08. The molecule has 0 radical (unpaired) electrons. The lowest BCUT2D eigenvalue weighted by molar-refractivity contribution is -0.134. The van der Waals surface area contributed by atoms with E-state index in [0.717, 1.165) is 41.0 Å². The number of esters is 1. The van der Waals surface area contributed by atoms with Crippen molar-refractivity contribution in [3.63, 3.8) is 0 Å². The van der Waals surface area contributed by atoms with E-state index in [1.165, 1.54) is 0 Å². The predicted molar refractivity (Wildman–Crippen MR) is 94.2 cm³/mol. The van der Waals surface area contributed by atoms with Crippen molar-refractivity contribution in [2.24, 2.45) is 0 Å². The number of pyridine rings is 1. The molecular weight excluding hydrogens is 316 g/mol. The zero-order chi connectivity index (χ0) is 17.6. The lowest BCUT2D eigenvalue weighted by Gasteiger charge is -2.06. The van der Waals surface area contributed by atoms with E-state index >= 15 is 0 Å². The van der Waals surface area contributed by atoms with Gasteiger partial charge in [0.2, 0.25) is 0 Å². The highest BCUT2D eigenvalue weighted by Gasteiger charge is 2.12. The highest BCUT2D eigenvalue weighted by Crippen LogP contribution is 2.28. The minimum Gasteiger partial charge on any atom is -0.427 e. The van der Waals surface area contributed by atoms with Crippen LogP contribution in [0.4, 0.5) is 0 Å². The first-order valence-electron chi connectivity index (χ1n) is 8.26. The Morgan fingerprint density at radius 2 is 1.96 bits per heavy atom. The minimum absolute atomic E-state index is 0.228. The summed E-state index contributed by atoms with van der Waals surface area (Å²) in [7, 11) is 0. The molecule has 2 heterocycles. The second-order valence-electron chi connectivity index (χ2n) is 5.91. The van der Waals surface area contributed by atoms with Gasteiger partial charge in [-0.2, -0.15) is 0 Å². The van der Waals surface area contributed by atoms with Crippen molar-refractivity contribution in [1.29, 1.82) is 0 Å². The van der Waals surface area contributed by atoms with E-state index in [-0.39, 0.29) is 5.97 Å². The summed E-state index contributed by atoms with van der Waals surface area (Å²) in [5.41, 5.74) is 3.94. The van der Waals surface area contributed by atoms with Gasteiger partial charge in [-0.1, -0.05) is 23.4 Å². The van der Waals surface area contributed by atoms with Gasteiger partial charge in [0.1, 0.15) is 11.5 Å². The van der Waals surface area contributed by atoms with Gasteiger partial charge in [-0.05, 0) is 56.0 Å². The molecule has 0 aliphatic rings. The number of carbonyl (C=O) groups is 1. The Bertz CT molecular complexity index is 820. The van der Waals surface area contributed by atoms with Crippen molar-refractivity contribution in [2.45, 2.75) is 33.1 Å². The van der Waals surface area contributed by atoms with Crippen LogP contribution in [0.5, 0.6) is 5.75 Å². The number of benzene rings is 1. The molecule has 0 saturated heterocycles. The van der Waals surface area contributed by atoms with E-state index in [2.05, 4.69) is 10.1 Å². The number of hydrogen-bond donors (Lipinski definition) is 0. The molecule has 25 heavy (non-hydrogen) atoms. The van der Waals surface area contributed by atoms with E-state index in [1.807, 2.05) is 44.3 Å². The summed E-state index contributed by atoms with van der Waals surface area (Å²) < 4.78 is 10.6. The van der Waals surface area contributed by atoms with Gasteiger partial charge in [0.15, 0.2) is 0 Å². The maximum absolute atomic E-state index is 12.0. The molecule has 5 nitrogen and oxygen atoms in total. The van der Waals surface area contributed by atoms with Crippen molar-refractivity contribution < 1.29 is 14.1 Å². The Morgan fingerprint density at radius 3 is 2.60 bits per heavy atom. The van der Waals surface area contributed by atoms with Gasteiger partial charge in [0.25, 0.3) is 0 Å². The number of ether oxygens (including phenoxy) is 1. The molecule has 5 heteroatoms. The van der Waals surface area contributed by atoms with E-state index < -0.39 is 0 Å². The first-order chi connectivity index (χ1) is 12.1. The van der Waals surface area contributed by atoms with E-state index in [9.17, 15) is 4.79 Å². The predicted octanol–water partition coefficient (Wildman–Crippen LogP) is 4.28. The van der Waals surface area contributed by atoms with Gasteiger partial charge < -0.3 is 9.26 Å². The molecule has 0 atom stereocenters. The molecule has 0 amide bonds. The van der Waals surface area contributed by atoms with Crippen LogP contribution in [0.3, 0.4) is 0 Å². The highest BCUT2D eigenvalue weighted by atomic mass is 16.5. The van der Waals surface area contributed by atoms with Crippen LogP contribution in [-0.4, -0.2) is 16.1 Å². The van der Waals surface area contributed by atoms with Crippen LogP contribution >= 0.6 is 0 Å². The number of nitrogens with zero attached hydrogens (tertiary/aromatic N) is 2. The Kier molecular flexibility index (Phi) is 5.23. The van der Waals surface area contributed by atoms with Gasteiger partial charge in [-0.3, -0.25) is 9.78 Å². The second-order valence-corrected chi connectivity index (χ2v) is 5.91. The molecule has 0 spiro atoms. The number of rotatable bonds is 6. The molecule has 0 bridgehead atoms. The van der Waals surface area contributed by atoms with Crippen LogP contribution < -0.4 is 4.74 Å². The fraction of sp³-hybridized carbons (Fsp3) is 0.250. The summed E-state index contributed by atoms with van der Waals surface area (Å²) in [6.45, 7) is 3.79. The Balaban J connectivity index is 1.53. The summed E-state index contributed by atoms with van der Waals surface area (Å²) >= 11 is 0. The number of aromatic nitrogens is 2. The monoisotopic (exact) mass is 336 g/mol. The first kappa shape index (κ1) is 16.9. The van der Waals surface area contributed by atoms with Crippen LogP contribution in [0.15, 0.2) is 53.3 Å². The maximum Gasteiger partial charge on any atom is 0.311 e. The summed E-state index contributed by atoms with van der Waals surface area (Å²) in [5, 5.41) is 3.96. The Hall–Kier alpha value is -2.95. The topological polar surface area (TPSA) is 65.2 Å². The van der Waals surface area contributed by atoms with E-state index in [4.69, 9.17) is 9.26 Å². The normalized spacial score (nSPS) is 10.6. The average molecular weight is 336 g/mol. The number of aryl methyl sites for hydroxylation is 3. The molecule has 0 aliphatic carbocycles. The van der Waals surface area contributed by atoms with Crippen LogP contribution in [-0.2, 0) is 11.2 Å². The number of hydrogen-bond acceptors (Lipinski definition) is 5. The summed E-state index contributed by atoms with van der Waals surface area (Å²) in [6.07, 6.45) is 5.49. The summed E-state index contributed by atoms with van der Waals surface area (Å²) in [6, 6.07) is 11.3. The molecular formula is C20H20N2O3. The van der Waals surface area contributed by atoms with E-state index in [0.29, 0.717) is 12.2 Å². The third-order valence-corrected chi connectivity index (χ3v) is 3.98. The molecule has 0 aliphatic heterocycles. The van der Waals surface area contributed by atoms with Crippen LogP contribution in [0.2, 0.25) is 0 Å². The first-order valence-corrected chi connectivity index (χ1v) is 8.26. The minimum atomic E-state index is -0.228. The fourth-order valence-corrected chi connectivity index (χ4v) is 2.75. The summed E-state index contributed by atoms with van der Waals surface area (Å²) in [4.78, 5) is 16.0. The molecule has 128 valence electrons. The molecule has 0 fully saturated rings. The molecule has 3 aromatic rings. The van der Waals surface area contributed by atoms with Crippen molar-refractivity contribution in [3.05, 3.63) is 65.8 Å². The van der Waals surface area contributed by atoms with Crippen molar-refractivity contribution in [1.82, 2.24) is 10.1 Å². The van der Waals surface area contributed by atoms with Crippen LogP contribution in [0, 0.1) is 13.8 Å². The van der Waals surface area contributed by atoms with Crippen LogP contribution in [0.1, 0.15) is 29.9 Å². The standard InChI is InChI=1S/C20H20N2O3/c1-14-20(15(2)25-22-14)17-8-10-18(11-9-17)24-19(23)7-3-5-16-6-4-12-21-13-16/h4,6,8-13H,3,5,7H2,1-2H3. The van der Waals surface area contributed by atoms with Crippen molar-refractivity contribution in [3.8, 4) is 16.9 Å². The van der Waals surface area contributed by atoms with Gasteiger partial charge >= 0.3 is 5.97 Å². The van der Waals surface area contributed by atoms with E-state index in [1.54, 1.807) is 18.3 Å². The number of carbonyl (C=O) groups excluding carboxylic acids is 1. The zero-order valence-electron chi connectivity index (χ0n) is 14.4. The van der Waals surface area contributed by atoms with Crippen LogP contribution in [0.25, 0.3) is 11.1 Å². The highest BCUT2D eigenvalue weighted by molar-refractivity contribution is 5.73. The lowest BCUT2D eigenvalue weighted by atomic mass is 10.0. The van der Waals surface area contributed by atoms with Crippen molar-refractivity contribution >= 4 is 5.97 Å². The SMILES string of the molecule is Cc1noc(C)c1-c1ccc(OC(=O)CCCc2cccnc2)cc1. The fourth-order valence-electron chi connectivity index (χ4n) is 2.75. The van der Waals surface area contributed by atoms with Gasteiger partial charge in [-0.15, -0.1) is 0 Å². The third kappa shape index (κ3) is 4.32. The second kappa shape index (κ2) is 7.75. The molecule has 2 aromatic heterocycles. The molecule has 0 unspecified atom stereocenters. The molecule has 1 aromatic carbocycles. The van der Waals surface area contributed by atoms with Gasteiger partial charge in [0, 0.05) is 24.4 Å². The molecule has 0 N–H and O–H groups in total. The molecule has 3 rings (SSSR count). The van der Waals surface area contributed by atoms with Gasteiger partial charge in [-0.25, -0.2) is 0 Å². The molecule has 0 saturated carbocycles. The largest absolute Gasteiger partial charge is 0.427 e. The zero-order valence-corrected chi connectivity index (χ0v) is 14.4.